The number of rotatable bonds is 2. The largest absolute Gasteiger partial charge is 0.465 e. The van der Waals surface area contributed by atoms with Gasteiger partial charge in [0.15, 0.2) is 0 Å². The van der Waals surface area contributed by atoms with E-state index in [1.54, 1.807) is 6.92 Å². The molecule has 3 atom stereocenters. The van der Waals surface area contributed by atoms with E-state index in [1.165, 1.54) is 11.1 Å². The first-order valence-corrected chi connectivity index (χ1v) is 8.23. The second-order valence-electron chi connectivity index (χ2n) is 7.01. The molecule has 2 aliphatic rings. The van der Waals surface area contributed by atoms with Gasteiger partial charge in [0, 0.05) is 6.42 Å². The molecule has 3 heteroatoms. The Morgan fingerprint density at radius 2 is 2.00 bits per heavy atom. The van der Waals surface area contributed by atoms with Crippen molar-refractivity contribution in [3.05, 3.63) is 35.4 Å². The molecule has 0 saturated heterocycles. The highest BCUT2D eigenvalue weighted by atomic mass is 16.5. The molecule has 0 unspecified atom stereocenters. The lowest BCUT2D eigenvalue weighted by Crippen LogP contribution is -2.57. The lowest BCUT2D eigenvalue weighted by Gasteiger charge is -2.53. The van der Waals surface area contributed by atoms with Gasteiger partial charge in [0.05, 0.1) is 6.61 Å². The summed E-state index contributed by atoms with van der Waals surface area (Å²) in [6.45, 7) is 6.15. The Morgan fingerprint density at radius 1 is 1.27 bits per heavy atom. The number of fused-ring (bicyclic) bond motifs is 3. The summed E-state index contributed by atoms with van der Waals surface area (Å²) in [6.07, 6.45) is 3.08. The zero-order chi connectivity index (χ0) is 16.0. The minimum Gasteiger partial charge on any atom is -0.465 e. The zero-order valence-electron chi connectivity index (χ0n) is 13.6. The number of benzene rings is 1. The van der Waals surface area contributed by atoms with Gasteiger partial charge in [-0.15, -0.1) is 0 Å². The van der Waals surface area contributed by atoms with E-state index in [0.29, 0.717) is 13.0 Å². The van der Waals surface area contributed by atoms with Crippen LogP contribution in [0, 0.1) is 11.3 Å². The van der Waals surface area contributed by atoms with Crippen LogP contribution in [0.25, 0.3) is 0 Å². The predicted molar refractivity (Wildman–Crippen MR) is 84.6 cm³/mol. The molecular weight excluding hydrogens is 276 g/mol. The highest BCUT2D eigenvalue weighted by Crippen LogP contribution is 2.56. The van der Waals surface area contributed by atoms with Crippen LogP contribution in [0.4, 0.5) is 0 Å². The van der Waals surface area contributed by atoms with E-state index in [0.717, 1.165) is 19.3 Å². The fraction of sp³-hybridized carbons (Fsp3) is 0.579. The summed E-state index contributed by atoms with van der Waals surface area (Å²) in [7, 11) is 0. The van der Waals surface area contributed by atoms with Crippen LogP contribution in [-0.4, -0.2) is 18.4 Å². The molecule has 2 aliphatic carbocycles. The van der Waals surface area contributed by atoms with Gasteiger partial charge in [-0.2, -0.15) is 0 Å². The van der Waals surface area contributed by atoms with Gasteiger partial charge in [-0.3, -0.25) is 9.59 Å². The van der Waals surface area contributed by atoms with Crippen molar-refractivity contribution >= 4 is 11.8 Å². The van der Waals surface area contributed by atoms with Crippen LogP contribution >= 0.6 is 0 Å². The molecule has 1 aromatic carbocycles. The van der Waals surface area contributed by atoms with Crippen LogP contribution in [-0.2, 0) is 26.2 Å². The third kappa shape index (κ3) is 1.94. The van der Waals surface area contributed by atoms with Gasteiger partial charge in [0.2, 0.25) is 0 Å². The van der Waals surface area contributed by atoms with E-state index in [-0.39, 0.29) is 23.1 Å². The van der Waals surface area contributed by atoms with Crippen molar-refractivity contribution in [2.75, 3.05) is 6.61 Å². The maximum absolute atomic E-state index is 12.6. The highest BCUT2D eigenvalue weighted by Gasteiger charge is 2.59. The predicted octanol–water partition coefficient (Wildman–Crippen LogP) is 3.44. The van der Waals surface area contributed by atoms with Crippen LogP contribution in [0.15, 0.2) is 24.3 Å². The summed E-state index contributed by atoms with van der Waals surface area (Å²) in [4.78, 5) is 25.2. The summed E-state index contributed by atoms with van der Waals surface area (Å²) in [6, 6.07) is 8.48. The molecule has 0 amide bonds. The second kappa shape index (κ2) is 5.22. The molecule has 1 fully saturated rings. The summed E-state index contributed by atoms with van der Waals surface area (Å²) in [5.41, 5.74) is 1.55. The Bertz CT molecular complexity index is 621. The van der Waals surface area contributed by atoms with Crippen LogP contribution in [0.3, 0.4) is 0 Å². The van der Waals surface area contributed by atoms with Crippen LogP contribution in [0.5, 0.6) is 0 Å². The van der Waals surface area contributed by atoms with E-state index in [9.17, 15) is 9.59 Å². The van der Waals surface area contributed by atoms with E-state index in [2.05, 4.69) is 31.2 Å². The van der Waals surface area contributed by atoms with E-state index in [1.807, 2.05) is 6.92 Å². The van der Waals surface area contributed by atoms with Crippen molar-refractivity contribution in [3.8, 4) is 0 Å². The number of hydrogen-bond acceptors (Lipinski definition) is 3. The standard InChI is InChI=1S/C19H24O3/c1-4-22-17(21)19(3)15-10-9-13-7-5-6-8-14(13)18(15,2)12-11-16(19)20/h5-8,15H,4,9-12H2,1-3H3/t15-,18-,19+/m0/s1. The lowest BCUT2D eigenvalue weighted by atomic mass is 9.49. The maximum Gasteiger partial charge on any atom is 0.319 e. The zero-order valence-corrected chi connectivity index (χ0v) is 13.6. The molecule has 0 spiro atoms. The third-order valence-electron chi connectivity index (χ3n) is 5.95. The summed E-state index contributed by atoms with van der Waals surface area (Å²) >= 11 is 0. The second-order valence-corrected chi connectivity index (χ2v) is 7.01. The minimum absolute atomic E-state index is 0.0233. The summed E-state index contributed by atoms with van der Waals surface area (Å²) < 4.78 is 5.28. The van der Waals surface area contributed by atoms with E-state index >= 15 is 0 Å². The smallest absolute Gasteiger partial charge is 0.319 e. The number of ketones is 1. The van der Waals surface area contributed by atoms with Crippen LogP contribution in [0.1, 0.15) is 51.2 Å². The summed E-state index contributed by atoms with van der Waals surface area (Å²) in [5, 5.41) is 0. The lowest BCUT2D eigenvalue weighted by molar-refractivity contribution is -0.169. The van der Waals surface area contributed by atoms with Crippen molar-refractivity contribution in [1.29, 1.82) is 0 Å². The number of esters is 1. The van der Waals surface area contributed by atoms with Crippen LogP contribution in [0.2, 0.25) is 0 Å². The molecule has 0 heterocycles. The first-order valence-electron chi connectivity index (χ1n) is 8.23. The van der Waals surface area contributed by atoms with Crippen molar-refractivity contribution in [2.45, 2.75) is 51.9 Å². The fourth-order valence-corrected chi connectivity index (χ4v) is 4.70. The molecule has 3 rings (SSSR count). The average molecular weight is 300 g/mol. The van der Waals surface area contributed by atoms with Gasteiger partial charge >= 0.3 is 5.97 Å². The molecule has 22 heavy (non-hydrogen) atoms. The van der Waals surface area contributed by atoms with E-state index < -0.39 is 5.41 Å². The Kier molecular flexibility index (Phi) is 3.62. The Hall–Kier alpha value is -1.64. The fourth-order valence-electron chi connectivity index (χ4n) is 4.70. The Morgan fingerprint density at radius 3 is 2.73 bits per heavy atom. The molecule has 1 saturated carbocycles. The van der Waals surface area contributed by atoms with E-state index in [4.69, 9.17) is 4.74 Å². The summed E-state index contributed by atoms with van der Waals surface area (Å²) in [5.74, 6) is -0.265. The molecule has 3 nitrogen and oxygen atoms in total. The molecule has 0 aromatic heterocycles. The normalized spacial score (nSPS) is 33.8. The average Bonchev–Trinajstić information content (AvgIpc) is 2.52. The molecule has 118 valence electrons. The molecule has 1 aromatic rings. The molecule has 0 N–H and O–H groups in total. The molecule has 0 bridgehead atoms. The third-order valence-corrected chi connectivity index (χ3v) is 5.95. The van der Waals surface area contributed by atoms with Crippen molar-refractivity contribution in [3.63, 3.8) is 0 Å². The Balaban J connectivity index is 2.09. The van der Waals surface area contributed by atoms with Gasteiger partial charge in [0.25, 0.3) is 0 Å². The number of carbonyl (C=O) groups is 2. The Labute approximate surface area is 132 Å². The highest BCUT2D eigenvalue weighted by molar-refractivity contribution is 6.04. The molecule has 0 radical (unpaired) electrons. The number of Topliss-reactive ketones (excluding diaryl/α,β-unsaturated/α-hetero) is 1. The van der Waals surface area contributed by atoms with Gasteiger partial charge in [-0.1, -0.05) is 31.2 Å². The van der Waals surface area contributed by atoms with Crippen molar-refractivity contribution in [2.24, 2.45) is 11.3 Å². The quantitative estimate of drug-likeness (QED) is 0.621. The van der Waals surface area contributed by atoms with Crippen LogP contribution < -0.4 is 0 Å². The molecule has 0 aliphatic heterocycles. The number of hydrogen-bond donors (Lipinski definition) is 0. The van der Waals surface area contributed by atoms with Gasteiger partial charge in [-0.05, 0) is 55.6 Å². The van der Waals surface area contributed by atoms with Gasteiger partial charge in [0.1, 0.15) is 11.2 Å². The monoisotopic (exact) mass is 300 g/mol. The first-order chi connectivity index (χ1) is 10.4. The van der Waals surface area contributed by atoms with Crippen molar-refractivity contribution in [1.82, 2.24) is 0 Å². The van der Waals surface area contributed by atoms with Gasteiger partial charge < -0.3 is 4.74 Å². The molecular formula is C19H24O3. The number of carbonyl (C=O) groups excluding carboxylic acids is 2. The maximum atomic E-state index is 12.6. The van der Waals surface area contributed by atoms with Gasteiger partial charge in [-0.25, -0.2) is 0 Å². The first kappa shape index (κ1) is 15.3. The number of ether oxygens (including phenoxy) is 1. The topological polar surface area (TPSA) is 43.4 Å². The SMILES string of the molecule is CCOC(=O)[C@@]1(C)C(=O)CC[C@@]2(C)c3ccccc3CC[C@H]12. The number of aryl methyl sites for hydroxylation is 1. The van der Waals surface area contributed by atoms with Crippen molar-refractivity contribution < 1.29 is 14.3 Å². The minimum atomic E-state index is -1.00.